The molecule has 0 unspecified atom stereocenters. The highest BCUT2D eigenvalue weighted by molar-refractivity contribution is 7.13. The van der Waals surface area contributed by atoms with Gasteiger partial charge in [-0.3, -0.25) is 9.59 Å². The summed E-state index contributed by atoms with van der Waals surface area (Å²) in [7, 11) is 0. The molecule has 0 spiro atoms. The second-order valence-electron chi connectivity index (χ2n) is 6.58. The van der Waals surface area contributed by atoms with E-state index < -0.39 is 0 Å². The van der Waals surface area contributed by atoms with Crippen molar-refractivity contribution in [2.24, 2.45) is 0 Å². The predicted molar refractivity (Wildman–Crippen MR) is 103 cm³/mol. The van der Waals surface area contributed by atoms with Gasteiger partial charge in [0.2, 0.25) is 0 Å². The monoisotopic (exact) mass is 383 g/mol. The molecule has 27 heavy (non-hydrogen) atoms. The second kappa shape index (κ2) is 7.08. The number of halogens is 1. The van der Waals surface area contributed by atoms with Gasteiger partial charge in [0.25, 0.3) is 11.8 Å². The minimum atomic E-state index is -0.384. The van der Waals surface area contributed by atoms with Crippen LogP contribution in [0.1, 0.15) is 26.4 Å². The van der Waals surface area contributed by atoms with Crippen molar-refractivity contribution in [1.29, 1.82) is 0 Å². The topological polar surface area (TPSA) is 53.5 Å². The molecule has 5 nitrogen and oxygen atoms in total. The van der Waals surface area contributed by atoms with Gasteiger partial charge in [0, 0.05) is 37.1 Å². The number of hydrogen-bond acceptors (Lipinski definition) is 4. The third kappa shape index (κ3) is 3.30. The first-order valence-corrected chi connectivity index (χ1v) is 9.51. The number of benzene rings is 2. The molecule has 4 rings (SSSR count). The highest BCUT2D eigenvalue weighted by atomic mass is 32.1. The predicted octanol–water partition coefficient (Wildman–Crippen LogP) is 3.34. The Labute approximate surface area is 160 Å². The molecule has 0 N–H and O–H groups in total. The zero-order chi connectivity index (χ0) is 19.0. The first-order valence-electron chi connectivity index (χ1n) is 8.74. The molecule has 0 saturated carbocycles. The van der Waals surface area contributed by atoms with Crippen molar-refractivity contribution >= 4 is 33.4 Å². The van der Waals surface area contributed by atoms with E-state index in [-0.39, 0.29) is 17.6 Å². The number of nitrogens with zero attached hydrogens (tertiary/aromatic N) is 3. The maximum atomic E-state index is 13.7. The summed E-state index contributed by atoms with van der Waals surface area (Å²) in [5.74, 6) is -0.703. The van der Waals surface area contributed by atoms with Crippen molar-refractivity contribution < 1.29 is 14.0 Å². The Hall–Kier alpha value is -2.80. The van der Waals surface area contributed by atoms with Crippen LogP contribution in [0.3, 0.4) is 0 Å². The Bertz CT molecular complexity index is 1020. The van der Waals surface area contributed by atoms with Gasteiger partial charge in [0.05, 0.1) is 4.70 Å². The van der Waals surface area contributed by atoms with E-state index in [0.29, 0.717) is 43.0 Å². The molecular formula is C20H18FN3O2S. The largest absolute Gasteiger partial charge is 0.335 e. The molecule has 1 fully saturated rings. The third-order valence-electron chi connectivity index (χ3n) is 4.85. The van der Waals surface area contributed by atoms with Crippen LogP contribution in [0.15, 0.2) is 42.5 Å². The molecule has 138 valence electrons. The fraction of sp³-hybridized carbons (Fsp3) is 0.250. The standard InChI is InChI=1S/C20H18FN3O2S/c1-13-6-7-14(12-16(13)21)19(25)23-8-10-24(11-9-23)20(26)18-15-4-2-3-5-17(15)27-22-18/h2-7,12H,8-11H2,1H3. The summed E-state index contributed by atoms with van der Waals surface area (Å²) >= 11 is 1.31. The quantitative estimate of drug-likeness (QED) is 0.682. The van der Waals surface area contributed by atoms with E-state index in [9.17, 15) is 14.0 Å². The van der Waals surface area contributed by atoms with Crippen molar-refractivity contribution in [2.75, 3.05) is 26.2 Å². The van der Waals surface area contributed by atoms with Crippen molar-refractivity contribution in [1.82, 2.24) is 14.2 Å². The van der Waals surface area contributed by atoms with Crippen LogP contribution in [0, 0.1) is 12.7 Å². The van der Waals surface area contributed by atoms with Crippen molar-refractivity contribution in [3.8, 4) is 0 Å². The Balaban J connectivity index is 1.44. The summed E-state index contributed by atoms with van der Waals surface area (Å²) in [6.07, 6.45) is 0. The SMILES string of the molecule is Cc1ccc(C(=O)N2CCN(C(=O)c3nsc4ccccc34)CC2)cc1F. The van der Waals surface area contributed by atoms with Gasteiger partial charge in [-0.15, -0.1) is 0 Å². The fourth-order valence-electron chi connectivity index (χ4n) is 3.21. The minimum Gasteiger partial charge on any atom is -0.335 e. The molecule has 2 heterocycles. The van der Waals surface area contributed by atoms with Crippen LogP contribution in [0.4, 0.5) is 4.39 Å². The molecular weight excluding hydrogens is 365 g/mol. The van der Waals surface area contributed by atoms with E-state index >= 15 is 0 Å². The van der Waals surface area contributed by atoms with E-state index in [1.807, 2.05) is 24.3 Å². The highest BCUT2D eigenvalue weighted by Crippen LogP contribution is 2.24. The summed E-state index contributed by atoms with van der Waals surface area (Å²) in [5, 5.41) is 0.862. The molecule has 0 atom stereocenters. The Morgan fingerprint density at radius 3 is 2.37 bits per heavy atom. The lowest BCUT2D eigenvalue weighted by Gasteiger charge is -2.34. The average molecular weight is 383 g/mol. The molecule has 3 aromatic rings. The van der Waals surface area contributed by atoms with Crippen molar-refractivity contribution in [3.05, 3.63) is 65.1 Å². The molecule has 1 saturated heterocycles. The van der Waals surface area contributed by atoms with Crippen LogP contribution >= 0.6 is 11.5 Å². The molecule has 0 radical (unpaired) electrons. The summed E-state index contributed by atoms with van der Waals surface area (Å²) in [6, 6.07) is 12.2. The van der Waals surface area contributed by atoms with Gasteiger partial charge >= 0.3 is 0 Å². The smallest absolute Gasteiger partial charge is 0.274 e. The van der Waals surface area contributed by atoms with Gasteiger partial charge in [-0.05, 0) is 42.2 Å². The van der Waals surface area contributed by atoms with Gasteiger partial charge in [-0.2, -0.15) is 4.37 Å². The number of hydrogen-bond donors (Lipinski definition) is 0. The number of fused-ring (bicyclic) bond motifs is 1. The lowest BCUT2D eigenvalue weighted by atomic mass is 10.1. The first kappa shape index (κ1) is 17.6. The maximum absolute atomic E-state index is 13.7. The average Bonchev–Trinajstić information content (AvgIpc) is 3.13. The maximum Gasteiger partial charge on any atom is 0.274 e. The summed E-state index contributed by atoms with van der Waals surface area (Å²) in [4.78, 5) is 28.8. The number of amides is 2. The lowest BCUT2D eigenvalue weighted by Crippen LogP contribution is -2.50. The molecule has 0 bridgehead atoms. The number of piperazine rings is 1. The third-order valence-corrected chi connectivity index (χ3v) is 5.68. The Morgan fingerprint density at radius 1 is 1.00 bits per heavy atom. The van der Waals surface area contributed by atoms with E-state index in [4.69, 9.17) is 0 Å². The van der Waals surface area contributed by atoms with Crippen LogP contribution in [0.2, 0.25) is 0 Å². The molecule has 7 heteroatoms. The van der Waals surface area contributed by atoms with E-state index in [1.165, 1.54) is 17.6 Å². The Morgan fingerprint density at radius 2 is 1.67 bits per heavy atom. The molecule has 1 aromatic heterocycles. The number of rotatable bonds is 2. The van der Waals surface area contributed by atoms with Crippen LogP contribution in [0.25, 0.3) is 10.1 Å². The van der Waals surface area contributed by atoms with Crippen LogP contribution in [-0.4, -0.2) is 52.2 Å². The zero-order valence-corrected chi connectivity index (χ0v) is 15.6. The highest BCUT2D eigenvalue weighted by Gasteiger charge is 2.27. The first-order chi connectivity index (χ1) is 13.0. The fourth-order valence-corrected chi connectivity index (χ4v) is 3.98. The summed E-state index contributed by atoms with van der Waals surface area (Å²) in [6.45, 7) is 3.37. The van der Waals surface area contributed by atoms with Gasteiger partial charge < -0.3 is 9.80 Å². The minimum absolute atomic E-state index is 0.110. The lowest BCUT2D eigenvalue weighted by molar-refractivity contribution is 0.0534. The van der Waals surface area contributed by atoms with Crippen LogP contribution in [0.5, 0.6) is 0 Å². The number of aromatic nitrogens is 1. The number of carbonyl (C=O) groups excluding carboxylic acids is 2. The second-order valence-corrected chi connectivity index (χ2v) is 7.38. The molecule has 2 amide bonds. The number of aryl methyl sites for hydroxylation is 1. The van der Waals surface area contributed by atoms with Gasteiger partial charge in [-0.1, -0.05) is 24.3 Å². The van der Waals surface area contributed by atoms with Gasteiger partial charge in [-0.25, -0.2) is 4.39 Å². The van der Waals surface area contributed by atoms with E-state index in [1.54, 1.807) is 28.9 Å². The van der Waals surface area contributed by atoms with E-state index in [0.717, 1.165) is 10.1 Å². The Kier molecular flexibility index (Phi) is 4.61. The van der Waals surface area contributed by atoms with Gasteiger partial charge in [0.1, 0.15) is 11.5 Å². The van der Waals surface area contributed by atoms with Crippen molar-refractivity contribution in [3.63, 3.8) is 0 Å². The summed E-state index contributed by atoms with van der Waals surface area (Å²) < 4.78 is 19.0. The van der Waals surface area contributed by atoms with Gasteiger partial charge in [0.15, 0.2) is 0 Å². The zero-order valence-electron chi connectivity index (χ0n) is 14.8. The van der Waals surface area contributed by atoms with Crippen LogP contribution in [-0.2, 0) is 0 Å². The number of carbonyl (C=O) groups is 2. The van der Waals surface area contributed by atoms with Crippen molar-refractivity contribution in [2.45, 2.75) is 6.92 Å². The summed E-state index contributed by atoms with van der Waals surface area (Å²) in [5.41, 5.74) is 1.32. The van der Waals surface area contributed by atoms with Crippen LogP contribution < -0.4 is 0 Å². The normalized spacial score (nSPS) is 14.6. The molecule has 0 aliphatic carbocycles. The molecule has 2 aromatic carbocycles. The van der Waals surface area contributed by atoms with E-state index in [2.05, 4.69) is 4.37 Å². The molecule has 1 aliphatic rings. The molecule has 1 aliphatic heterocycles.